The van der Waals surface area contributed by atoms with Crippen molar-refractivity contribution >= 4 is 17.5 Å². The zero-order valence-corrected chi connectivity index (χ0v) is 13.7. The number of rotatable bonds is 5. The summed E-state index contributed by atoms with van der Waals surface area (Å²) in [6.07, 6.45) is 3.73. The molecule has 0 saturated carbocycles. The quantitative estimate of drug-likeness (QED) is 0.740. The van der Waals surface area contributed by atoms with E-state index < -0.39 is 5.91 Å². The fourth-order valence-electron chi connectivity index (χ4n) is 2.29. The van der Waals surface area contributed by atoms with Crippen LogP contribution in [0.15, 0.2) is 42.7 Å². The second-order valence-corrected chi connectivity index (χ2v) is 5.67. The van der Waals surface area contributed by atoms with Gasteiger partial charge in [-0.15, -0.1) is 0 Å². The van der Waals surface area contributed by atoms with Gasteiger partial charge in [0.2, 0.25) is 0 Å². The standard InChI is InChI=1S/C16H16ClN5O2/c1-21-12(7-9-19-21)6-8-18-16(24)15-14(23)10-22(20-15)13-4-2-11(17)3-5-13/h2-5,7,9-10,23H,6,8H2,1H3,(H,18,24). The van der Waals surface area contributed by atoms with Crippen molar-refractivity contribution in [3.63, 3.8) is 0 Å². The van der Waals surface area contributed by atoms with E-state index in [2.05, 4.69) is 15.5 Å². The van der Waals surface area contributed by atoms with Crippen LogP contribution in [0.2, 0.25) is 5.02 Å². The second-order valence-electron chi connectivity index (χ2n) is 5.24. The minimum absolute atomic E-state index is 0.0186. The van der Waals surface area contributed by atoms with Gasteiger partial charge in [-0.1, -0.05) is 11.6 Å². The highest BCUT2D eigenvalue weighted by Gasteiger charge is 2.16. The molecule has 7 nitrogen and oxygen atoms in total. The third-order valence-electron chi connectivity index (χ3n) is 3.59. The molecule has 2 N–H and O–H groups in total. The van der Waals surface area contributed by atoms with Gasteiger partial charge in [-0.3, -0.25) is 9.48 Å². The molecule has 0 aliphatic carbocycles. The van der Waals surface area contributed by atoms with E-state index >= 15 is 0 Å². The highest BCUT2D eigenvalue weighted by atomic mass is 35.5. The van der Waals surface area contributed by atoms with Crippen LogP contribution in [0.4, 0.5) is 0 Å². The molecular weight excluding hydrogens is 330 g/mol. The number of hydrogen-bond donors (Lipinski definition) is 2. The second kappa shape index (κ2) is 6.76. The van der Waals surface area contributed by atoms with Gasteiger partial charge in [0.25, 0.3) is 5.91 Å². The van der Waals surface area contributed by atoms with E-state index in [9.17, 15) is 9.90 Å². The molecule has 24 heavy (non-hydrogen) atoms. The van der Waals surface area contributed by atoms with Gasteiger partial charge in [0.1, 0.15) is 0 Å². The number of aromatic hydroxyl groups is 1. The van der Waals surface area contributed by atoms with Crippen molar-refractivity contribution < 1.29 is 9.90 Å². The Morgan fingerprint density at radius 1 is 1.29 bits per heavy atom. The van der Waals surface area contributed by atoms with Crippen LogP contribution in [0, 0.1) is 0 Å². The molecular formula is C16H16ClN5O2. The summed E-state index contributed by atoms with van der Waals surface area (Å²) in [5.74, 6) is -0.606. The van der Waals surface area contributed by atoms with Gasteiger partial charge in [-0.05, 0) is 30.3 Å². The van der Waals surface area contributed by atoms with Crippen molar-refractivity contribution in [1.82, 2.24) is 24.9 Å². The zero-order chi connectivity index (χ0) is 17.1. The van der Waals surface area contributed by atoms with E-state index in [1.165, 1.54) is 10.9 Å². The Balaban J connectivity index is 1.67. The molecule has 0 spiro atoms. The van der Waals surface area contributed by atoms with Crippen LogP contribution in [0.25, 0.3) is 5.69 Å². The summed E-state index contributed by atoms with van der Waals surface area (Å²) < 4.78 is 3.18. The molecule has 3 rings (SSSR count). The maximum atomic E-state index is 12.2. The van der Waals surface area contributed by atoms with Crippen LogP contribution >= 0.6 is 11.6 Å². The first-order valence-corrected chi connectivity index (χ1v) is 7.72. The number of aromatic nitrogens is 4. The van der Waals surface area contributed by atoms with Gasteiger partial charge in [-0.25, -0.2) is 4.68 Å². The van der Waals surface area contributed by atoms with Gasteiger partial charge < -0.3 is 10.4 Å². The Morgan fingerprint density at radius 3 is 2.71 bits per heavy atom. The van der Waals surface area contributed by atoms with Crippen molar-refractivity contribution in [1.29, 1.82) is 0 Å². The normalized spacial score (nSPS) is 10.8. The van der Waals surface area contributed by atoms with Crippen LogP contribution in [0.1, 0.15) is 16.2 Å². The summed E-state index contributed by atoms with van der Waals surface area (Å²) >= 11 is 5.85. The average molecular weight is 346 g/mol. The van der Waals surface area contributed by atoms with E-state index in [4.69, 9.17) is 11.6 Å². The van der Waals surface area contributed by atoms with Crippen molar-refractivity contribution in [2.24, 2.45) is 7.05 Å². The Labute approximate surface area is 143 Å². The van der Waals surface area contributed by atoms with Gasteiger partial charge in [0.05, 0.1) is 11.9 Å². The lowest BCUT2D eigenvalue weighted by Crippen LogP contribution is -2.26. The van der Waals surface area contributed by atoms with Crippen LogP contribution in [0.5, 0.6) is 5.75 Å². The van der Waals surface area contributed by atoms with Crippen molar-refractivity contribution in [2.45, 2.75) is 6.42 Å². The summed E-state index contributed by atoms with van der Waals surface area (Å²) in [5.41, 5.74) is 1.69. The predicted molar refractivity (Wildman–Crippen MR) is 89.5 cm³/mol. The highest BCUT2D eigenvalue weighted by molar-refractivity contribution is 6.30. The molecule has 0 aliphatic heterocycles. The molecule has 3 aromatic rings. The van der Waals surface area contributed by atoms with Gasteiger partial charge in [-0.2, -0.15) is 10.2 Å². The van der Waals surface area contributed by atoms with Crippen molar-refractivity contribution in [3.8, 4) is 11.4 Å². The largest absolute Gasteiger partial charge is 0.504 e. The molecule has 2 aromatic heterocycles. The molecule has 0 fully saturated rings. The third kappa shape index (κ3) is 3.41. The molecule has 1 aromatic carbocycles. The van der Waals surface area contributed by atoms with Crippen LogP contribution < -0.4 is 5.32 Å². The number of nitrogens with one attached hydrogen (secondary N) is 1. The lowest BCUT2D eigenvalue weighted by Gasteiger charge is -2.04. The number of benzene rings is 1. The topological polar surface area (TPSA) is 85.0 Å². The molecule has 0 unspecified atom stereocenters. The van der Waals surface area contributed by atoms with Crippen LogP contribution in [-0.4, -0.2) is 37.1 Å². The van der Waals surface area contributed by atoms with E-state index in [0.29, 0.717) is 23.7 Å². The number of amides is 1. The number of aryl methyl sites for hydroxylation is 1. The number of halogens is 1. The average Bonchev–Trinajstić information content (AvgIpc) is 3.14. The van der Waals surface area contributed by atoms with Gasteiger partial charge in [0.15, 0.2) is 11.4 Å². The fourth-order valence-corrected chi connectivity index (χ4v) is 2.41. The lowest BCUT2D eigenvalue weighted by molar-refractivity contribution is 0.0946. The molecule has 8 heteroatoms. The zero-order valence-electron chi connectivity index (χ0n) is 13.0. The van der Waals surface area contributed by atoms with E-state index in [1.807, 2.05) is 13.1 Å². The minimum atomic E-state index is -0.428. The van der Waals surface area contributed by atoms with Gasteiger partial charge >= 0.3 is 0 Å². The van der Waals surface area contributed by atoms with E-state index in [-0.39, 0.29) is 11.4 Å². The first kappa shape index (κ1) is 16.1. The Kier molecular flexibility index (Phi) is 4.52. The summed E-state index contributed by atoms with van der Waals surface area (Å²) in [7, 11) is 1.84. The van der Waals surface area contributed by atoms with Crippen LogP contribution in [-0.2, 0) is 13.5 Å². The molecule has 2 heterocycles. The van der Waals surface area contributed by atoms with Crippen molar-refractivity contribution in [3.05, 3.63) is 59.1 Å². The molecule has 0 atom stereocenters. The smallest absolute Gasteiger partial charge is 0.275 e. The SMILES string of the molecule is Cn1nccc1CCNC(=O)c1nn(-c2ccc(Cl)cc2)cc1O. The fraction of sp³-hybridized carbons (Fsp3) is 0.188. The molecule has 0 saturated heterocycles. The third-order valence-corrected chi connectivity index (χ3v) is 3.84. The van der Waals surface area contributed by atoms with E-state index in [0.717, 1.165) is 5.69 Å². The number of hydrogen-bond acceptors (Lipinski definition) is 4. The highest BCUT2D eigenvalue weighted by Crippen LogP contribution is 2.19. The molecule has 0 radical (unpaired) electrons. The minimum Gasteiger partial charge on any atom is -0.504 e. The summed E-state index contributed by atoms with van der Waals surface area (Å²) in [6.45, 7) is 0.422. The lowest BCUT2D eigenvalue weighted by atomic mass is 10.3. The first-order chi connectivity index (χ1) is 11.5. The number of carbonyl (C=O) groups is 1. The monoisotopic (exact) mass is 345 g/mol. The Morgan fingerprint density at radius 2 is 2.04 bits per heavy atom. The van der Waals surface area contributed by atoms with E-state index in [1.54, 1.807) is 35.1 Å². The molecule has 1 amide bonds. The Hall–Kier alpha value is -2.80. The summed E-state index contributed by atoms with van der Waals surface area (Å²) in [5, 5.41) is 21.5. The maximum Gasteiger partial charge on any atom is 0.275 e. The predicted octanol–water partition coefficient (Wildman–Crippen LogP) is 1.94. The van der Waals surface area contributed by atoms with Crippen molar-refractivity contribution in [2.75, 3.05) is 6.54 Å². The van der Waals surface area contributed by atoms with Crippen LogP contribution in [0.3, 0.4) is 0 Å². The first-order valence-electron chi connectivity index (χ1n) is 7.34. The molecule has 124 valence electrons. The summed E-state index contributed by atoms with van der Waals surface area (Å²) in [6, 6.07) is 8.81. The number of carbonyl (C=O) groups excluding carboxylic acids is 1. The Bertz CT molecular complexity index is 854. The molecule has 0 aliphatic rings. The van der Waals surface area contributed by atoms with Gasteiger partial charge in [0, 0.05) is 36.9 Å². The molecule has 0 bridgehead atoms. The summed E-state index contributed by atoms with van der Waals surface area (Å²) in [4.78, 5) is 12.2. The number of nitrogens with zero attached hydrogens (tertiary/aromatic N) is 4. The maximum absolute atomic E-state index is 12.2.